The first kappa shape index (κ1) is 20.4. The molecule has 0 radical (unpaired) electrons. The number of unbranched alkanes of at least 4 members (excludes halogenated alkanes) is 14. The SMILES string of the molecule is CCCCCCCC/C=C\CCCCCCCCCC=O. The standard InChI is InChI=1S/C20H38O/c1-2-3-4-5-6-7-8-9-10-11-12-13-14-15-16-17-18-19-20-21/h9-10,20H,2-8,11-19H2,1H3/b10-9-. The Kier molecular flexibility index (Phi) is 18.9. The Morgan fingerprint density at radius 2 is 0.905 bits per heavy atom. The minimum atomic E-state index is 0.753. The van der Waals surface area contributed by atoms with E-state index in [1.54, 1.807) is 0 Å². The third kappa shape index (κ3) is 19.4. The summed E-state index contributed by atoms with van der Waals surface area (Å²) in [4.78, 5) is 10.2. The molecule has 124 valence electrons. The van der Waals surface area contributed by atoms with Gasteiger partial charge in [0, 0.05) is 6.42 Å². The Balaban J connectivity index is 3.03. The Hall–Kier alpha value is -0.590. The van der Waals surface area contributed by atoms with Crippen molar-refractivity contribution in [2.75, 3.05) is 0 Å². The second kappa shape index (κ2) is 19.4. The zero-order chi connectivity index (χ0) is 15.4. The van der Waals surface area contributed by atoms with E-state index in [2.05, 4.69) is 19.1 Å². The minimum absolute atomic E-state index is 0.753. The molecule has 0 spiro atoms. The first-order valence-electron chi connectivity index (χ1n) is 9.50. The lowest BCUT2D eigenvalue weighted by Gasteiger charge is -2.00. The average Bonchev–Trinajstić information content (AvgIpc) is 2.50. The van der Waals surface area contributed by atoms with Crippen LogP contribution < -0.4 is 0 Å². The van der Waals surface area contributed by atoms with Gasteiger partial charge in [-0.3, -0.25) is 0 Å². The molecule has 0 aromatic heterocycles. The molecule has 0 saturated heterocycles. The summed E-state index contributed by atoms with van der Waals surface area (Å²) in [5.41, 5.74) is 0. The number of aldehydes is 1. The summed E-state index contributed by atoms with van der Waals surface area (Å²) in [7, 11) is 0. The lowest BCUT2D eigenvalue weighted by Crippen LogP contribution is -1.81. The van der Waals surface area contributed by atoms with Gasteiger partial charge < -0.3 is 4.79 Å². The number of hydrogen-bond acceptors (Lipinski definition) is 1. The molecule has 0 unspecified atom stereocenters. The van der Waals surface area contributed by atoms with Crippen molar-refractivity contribution in [1.82, 2.24) is 0 Å². The molecule has 0 atom stereocenters. The van der Waals surface area contributed by atoms with Crippen molar-refractivity contribution in [2.45, 2.75) is 110 Å². The summed E-state index contributed by atoms with van der Waals surface area (Å²) >= 11 is 0. The summed E-state index contributed by atoms with van der Waals surface area (Å²) in [6, 6.07) is 0. The van der Waals surface area contributed by atoms with Gasteiger partial charge in [0.1, 0.15) is 6.29 Å². The summed E-state index contributed by atoms with van der Waals surface area (Å²) < 4.78 is 0. The maximum atomic E-state index is 10.2. The van der Waals surface area contributed by atoms with Crippen LogP contribution in [0.4, 0.5) is 0 Å². The van der Waals surface area contributed by atoms with Gasteiger partial charge in [-0.1, -0.05) is 83.3 Å². The normalized spacial score (nSPS) is 11.3. The molecule has 0 N–H and O–H groups in total. The van der Waals surface area contributed by atoms with E-state index in [1.165, 1.54) is 89.9 Å². The van der Waals surface area contributed by atoms with Crippen LogP contribution in [0.25, 0.3) is 0 Å². The highest BCUT2D eigenvalue weighted by molar-refractivity contribution is 5.48. The van der Waals surface area contributed by atoms with E-state index in [4.69, 9.17) is 0 Å². The van der Waals surface area contributed by atoms with Crippen molar-refractivity contribution < 1.29 is 4.79 Å². The summed E-state index contributed by atoms with van der Waals surface area (Å²) in [6.07, 6.45) is 26.6. The van der Waals surface area contributed by atoms with Crippen LogP contribution in [0.2, 0.25) is 0 Å². The molecule has 1 nitrogen and oxygen atoms in total. The number of carbonyl (C=O) groups excluding carboxylic acids is 1. The number of allylic oxidation sites excluding steroid dienone is 2. The topological polar surface area (TPSA) is 17.1 Å². The molecule has 0 amide bonds. The Bertz CT molecular complexity index is 220. The molecule has 0 heterocycles. The molecule has 1 heteroatoms. The van der Waals surface area contributed by atoms with Crippen LogP contribution in [0.3, 0.4) is 0 Å². The van der Waals surface area contributed by atoms with Crippen LogP contribution in [0, 0.1) is 0 Å². The largest absolute Gasteiger partial charge is 0.303 e. The quantitative estimate of drug-likeness (QED) is 0.160. The second-order valence-corrected chi connectivity index (χ2v) is 6.25. The van der Waals surface area contributed by atoms with Crippen molar-refractivity contribution in [2.24, 2.45) is 0 Å². The summed E-state index contributed by atoms with van der Waals surface area (Å²) in [5.74, 6) is 0. The molecular formula is C20H38O. The fourth-order valence-electron chi connectivity index (χ4n) is 2.65. The maximum absolute atomic E-state index is 10.2. The van der Waals surface area contributed by atoms with Gasteiger partial charge in [-0.05, 0) is 32.1 Å². The third-order valence-corrected chi connectivity index (χ3v) is 4.08. The molecule has 0 aliphatic carbocycles. The van der Waals surface area contributed by atoms with E-state index in [9.17, 15) is 4.79 Å². The highest BCUT2D eigenvalue weighted by Crippen LogP contribution is 2.10. The minimum Gasteiger partial charge on any atom is -0.303 e. The summed E-state index contributed by atoms with van der Waals surface area (Å²) in [6.45, 7) is 2.27. The third-order valence-electron chi connectivity index (χ3n) is 4.08. The zero-order valence-electron chi connectivity index (χ0n) is 14.5. The van der Waals surface area contributed by atoms with E-state index in [0.717, 1.165) is 19.1 Å². The molecular weight excluding hydrogens is 256 g/mol. The Morgan fingerprint density at radius 3 is 1.33 bits per heavy atom. The molecule has 21 heavy (non-hydrogen) atoms. The zero-order valence-corrected chi connectivity index (χ0v) is 14.5. The molecule has 0 aliphatic rings. The van der Waals surface area contributed by atoms with E-state index < -0.39 is 0 Å². The summed E-state index contributed by atoms with van der Waals surface area (Å²) in [5, 5.41) is 0. The van der Waals surface area contributed by atoms with Gasteiger partial charge in [0.15, 0.2) is 0 Å². The maximum Gasteiger partial charge on any atom is 0.119 e. The number of hydrogen-bond donors (Lipinski definition) is 0. The first-order valence-corrected chi connectivity index (χ1v) is 9.50. The van der Waals surface area contributed by atoms with Crippen LogP contribution in [0.1, 0.15) is 110 Å². The molecule has 0 fully saturated rings. The van der Waals surface area contributed by atoms with Gasteiger partial charge in [-0.15, -0.1) is 0 Å². The Labute approximate surface area is 133 Å². The van der Waals surface area contributed by atoms with Crippen LogP contribution >= 0.6 is 0 Å². The van der Waals surface area contributed by atoms with Crippen LogP contribution in [-0.2, 0) is 4.79 Å². The molecule has 0 rings (SSSR count). The van der Waals surface area contributed by atoms with Crippen molar-refractivity contribution in [3.8, 4) is 0 Å². The molecule has 0 saturated carbocycles. The fourth-order valence-corrected chi connectivity index (χ4v) is 2.65. The van der Waals surface area contributed by atoms with Crippen LogP contribution in [0.15, 0.2) is 12.2 Å². The van der Waals surface area contributed by atoms with Crippen molar-refractivity contribution >= 4 is 6.29 Å². The molecule has 0 bridgehead atoms. The van der Waals surface area contributed by atoms with Gasteiger partial charge in [0.2, 0.25) is 0 Å². The lowest BCUT2D eigenvalue weighted by atomic mass is 10.1. The van der Waals surface area contributed by atoms with Crippen molar-refractivity contribution in [1.29, 1.82) is 0 Å². The van der Waals surface area contributed by atoms with Gasteiger partial charge >= 0.3 is 0 Å². The van der Waals surface area contributed by atoms with Crippen molar-refractivity contribution in [3.05, 3.63) is 12.2 Å². The highest BCUT2D eigenvalue weighted by Gasteiger charge is 1.91. The fraction of sp³-hybridized carbons (Fsp3) is 0.850. The Morgan fingerprint density at radius 1 is 0.524 bits per heavy atom. The molecule has 0 aromatic carbocycles. The molecule has 0 aromatic rings. The van der Waals surface area contributed by atoms with E-state index >= 15 is 0 Å². The predicted octanol–water partition coefficient (Wildman–Crippen LogP) is 7.00. The van der Waals surface area contributed by atoms with Gasteiger partial charge in [-0.25, -0.2) is 0 Å². The predicted molar refractivity (Wildman–Crippen MR) is 94.8 cm³/mol. The van der Waals surface area contributed by atoms with E-state index in [-0.39, 0.29) is 0 Å². The van der Waals surface area contributed by atoms with Gasteiger partial charge in [-0.2, -0.15) is 0 Å². The van der Waals surface area contributed by atoms with E-state index in [1.807, 2.05) is 0 Å². The van der Waals surface area contributed by atoms with Gasteiger partial charge in [0.05, 0.1) is 0 Å². The van der Waals surface area contributed by atoms with Crippen molar-refractivity contribution in [3.63, 3.8) is 0 Å². The van der Waals surface area contributed by atoms with Gasteiger partial charge in [0.25, 0.3) is 0 Å². The smallest absolute Gasteiger partial charge is 0.119 e. The van der Waals surface area contributed by atoms with Crippen LogP contribution in [-0.4, -0.2) is 6.29 Å². The molecule has 0 aliphatic heterocycles. The van der Waals surface area contributed by atoms with Crippen LogP contribution in [0.5, 0.6) is 0 Å². The number of carbonyl (C=O) groups is 1. The number of rotatable bonds is 17. The average molecular weight is 295 g/mol. The highest BCUT2D eigenvalue weighted by atomic mass is 16.1. The lowest BCUT2D eigenvalue weighted by molar-refractivity contribution is -0.107. The monoisotopic (exact) mass is 294 g/mol. The first-order chi connectivity index (χ1) is 10.4. The van der Waals surface area contributed by atoms with E-state index in [0.29, 0.717) is 0 Å². The second-order valence-electron chi connectivity index (χ2n) is 6.25.